The molecule has 0 aromatic carbocycles. The van der Waals surface area contributed by atoms with Crippen molar-refractivity contribution in [2.24, 2.45) is 0 Å². The maximum Gasteiger partial charge on any atom is 0.306 e. The Kier molecular flexibility index (Phi) is 55.9. The van der Waals surface area contributed by atoms with Crippen LogP contribution in [-0.2, 0) is 28.6 Å². The predicted octanol–water partition coefficient (Wildman–Crippen LogP) is 20.1. The molecule has 0 bridgehead atoms. The molecule has 0 heterocycles. The Hall–Kier alpha value is -3.67. The molecule has 1 atom stereocenters. The Morgan fingerprint density at radius 3 is 0.873 bits per heavy atom. The zero-order valence-corrected chi connectivity index (χ0v) is 46.5. The molecule has 6 heteroatoms. The number of unbranched alkanes of at least 4 members (excludes halogenated alkanes) is 26. The summed E-state index contributed by atoms with van der Waals surface area (Å²) < 4.78 is 16.8. The van der Waals surface area contributed by atoms with Crippen LogP contribution in [0.3, 0.4) is 0 Å². The minimum Gasteiger partial charge on any atom is -0.462 e. The summed E-state index contributed by atoms with van der Waals surface area (Å²) in [5.41, 5.74) is 0. The van der Waals surface area contributed by atoms with Gasteiger partial charge in [-0.3, -0.25) is 14.4 Å². The first-order chi connectivity index (χ1) is 35.0. The summed E-state index contributed by atoms with van der Waals surface area (Å²) in [6, 6.07) is 0. The molecule has 0 rings (SSSR count). The van der Waals surface area contributed by atoms with Gasteiger partial charge < -0.3 is 14.2 Å². The van der Waals surface area contributed by atoms with E-state index in [1.54, 1.807) is 0 Å². The second-order valence-electron chi connectivity index (χ2n) is 19.5. The second kappa shape index (κ2) is 58.9. The molecule has 0 spiro atoms. The van der Waals surface area contributed by atoms with Crippen LogP contribution in [0.2, 0.25) is 0 Å². The third kappa shape index (κ3) is 57.1. The van der Waals surface area contributed by atoms with Crippen molar-refractivity contribution in [3.8, 4) is 0 Å². The van der Waals surface area contributed by atoms with E-state index in [1.807, 2.05) is 0 Å². The highest BCUT2D eigenvalue weighted by molar-refractivity contribution is 5.71. The molecule has 1 unspecified atom stereocenters. The number of carbonyl (C=O) groups is 3. The third-order valence-corrected chi connectivity index (χ3v) is 12.6. The summed E-state index contributed by atoms with van der Waals surface area (Å²) in [4.78, 5) is 38.0. The second-order valence-corrected chi connectivity index (χ2v) is 19.5. The molecule has 0 aromatic rings. The zero-order valence-electron chi connectivity index (χ0n) is 46.5. The van der Waals surface area contributed by atoms with Crippen molar-refractivity contribution in [2.75, 3.05) is 13.2 Å². The SMILES string of the molecule is CC/C=C\C/C=C\C/C=C\C/C=C\C/C=C\C/C=C\C/C=C\CCCCCCCC(=O)OCC(COC(=O)CCCCCCCCC)OC(=O)CCCCCCCCCCC/C=C\CCCCCCCC. The summed E-state index contributed by atoms with van der Waals surface area (Å²) in [5.74, 6) is -0.908. The van der Waals surface area contributed by atoms with Gasteiger partial charge in [0.2, 0.25) is 0 Å². The van der Waals surface area contributed by atoms with E-state index in [1.165, 1.54) is 116 Å². The highest BCUT2D eigenvalue weighted by Gasteiger charge is 2.19. The van der Waals surface area contributed by atoms with Crippen LogP contribution >= 0.6 is 0 Å². The molecule has 71 heavy (non-hydrogen) atoms. The lowest BCUT2D eigenvalue weighted by Gasteiger charge is -2.18. The van der Waals surface area contributed by atoms with Gasteiger partial charge in [0.05, 0.1) is 0 Å². The van der Waals surface area contributed by atoms with E-state index in [-0.39, 0.29) is 31.1 Å². The lowest BCUT2D eigenvalue weighted by Crippen LogP contribution is -2.30. The summed E-state index contributed by atoms with van der Waals surface area (Å²) in [7, 11) is 0. The molecule has 0 fully saturated rings. The van der Waals surface area contributed by atoms with Gasteiger partial charge in [-0.2, -0.15) is 0 Å². The van der Waals surface area contributed by atoms with Crippen LogP contribution in [0.25, 0.3) is 0 Å². The minimum atomic E-state index is -0.785. The molecule has 0 radical (unpaired) electrons. The van der Waals surface area contributed by atoms with E-state index >= 15 is 0 Å². The van der Waals surface area contributed by atoms with Crippen molar-refractivity contribution in [3.63, 3.8) is 0 Å². The normalized spacial score (nSPS) is 12.8. The average molecular weight is 988 g/mol. The van der Waals surface area contributed by atoms with Gasteiger partial charge in [-0.25, -0.2) is 0 Å². The van der Waals surface area contributed by atoms with E-state index in [2.05, 4.69) is 118 Å². The minimum absolute atomic E-state index is 0.0837. The molecular weight excluding hydrogens is 877 g/mol. The van der Waals surface area contributed by atoms with Gasteiger partial charge in [0.1, 0.15) is 13.2 Å². The van der Waals surface area contributed by atoms with Gasteiger partial charge in [-0.1, -0.05) is 253 Å². The number of hydrogen-bond acceptors (Lipinski definition) is 6. The molecule has 0 aliphatic heterocycles. The summed E-state index contributed by atoms with van der Waals surface area (Å²) in [6.45, 7) is 6.47. The number of hydrogen-bond donors (Lipinski definition) is 0. The van der Waals surface area contributed by atoms with Gasteiger partial charge in [-0.05, 0) is 103 Å². The number of rotatable bonds is 53. The summed E-state index contributed by atoms with van der Waals surface area (Å²) in [5, 5.41) is 0. The monoisotopic (exact) mass is 987 g/mol. The Labute approximate surface area is 438 Å². The van der Waals surface area contributed by atoms with Crippen molar-refractivity contribution < 1.29 is 28.6 Å². The summed E-state index contributed by atoms with van der Waals surface area (Å²) >= 11 is 0. The van der Waals surface area contributed by atoms with E-state index in [9.17, 15) is 14.4 Å². The fourth-order valence-corrected chi connectivity index (χ4v) is 8.12. The molecule has 406 valence electrons. The molecular formula is C65H110O6. The number of esters is 3. The van der Waals surface area contributed by atoms with Crippen molar-refractivity contribution in [1.29, 1.82) is 0 Å². The van der Waals surface area contributed by atoms with Crippen LogP contribution < -0.4 is 0 Å². The Balaban J connectivity index is 4.23. The van der Waals surface area contributed by atoms with E-state index in [0.29, 0.717) is 19.3 Å². The first kappa shape index (κ1) is 67.3. The number of ether oxygens (including phenoxy) is 3. The van der Waals surface area contributed by atoms with Crippen LogP contribution in [0.15, 0.2) is 97.2 Å². The zero-order chi connectivity index (χ0) is 51.4. The smallest absolute Gasteiger partial charge is 0.306 e. The molecule has 0 aromatic heterocycles. The maximum atomic E-state index is 12.8. The van der Waals surface area contributed by atoms with Crippen LogP contribution in [0.4, 0.5) is 0 Å². The largest absolute Gasteiger partial charge is 0.462 e. The van der Waals surface area contributed by atoms with Crippen molar-refractivity contribution in [3.05, 3.63) is 97.2 Å². The fraction of sp³-hybridized carbons (Fsp3) is 0.708. The standard InChI is InChI=1S/C65H110O6/c1-4-7-10-13-16-18-20-22-24-26-28-29-30-31-32-33-34-35-37-38-40-42-44-46-49-52-55-58-64(67)70-61-62(60-69-63(66)57-54-51-48-15-12-9-6-3)71-65(68)59-56-53-50-47-45-43-41-39-36-27-25-23-21-19-17-14-11-8-5-2/h7,10,16,18,22-25,28-29,31-32,34-35,38,40,62H,4-6,8-9,11-15,17,19-21,26-27,30,33,36-37,39,41-61H2,1-3H3/b10-7-,18-16-,24-22-,25-23-,29-28-,32-31-,35-34-,40-38-. The Morgan fingerprint density at radius 2 is 0.549 bits per heavy atom. The van der Waals surface area contributed by atoms with Gasteiger partial charge in [-0.15, -0.1) is 0 Å². The molecule has 0 N–H and O–H groups in total. The first-order valence-corrected chi connectivity index (χ1v) is 29.7. The molecule has 0 saturated heterocycles. The number of allylic oxidation sites excluding steroid dienone is 16. The van der Waals surface area contributed by atoms with Gasteiger partial charge in [0, 0.05) is 19.3 Å². The van der Waals surface area contributed by atoms with Crippen LogP contribution in [0.5, 0.6) is 0 Å². The third-order valence-electron chi connectivity index (χ3n) is 12.6. The lowest BCUT2D eigenvalue weighted by atomic mass is 10.1. The molecule has 6 nitrogen and oxygen atoms in total. The number of carbonyl (C=O) groups excluding carboxylic acids is 3. The Bertz CT molecular complexity index is 1410. The van der Waals surface area contributed by atoms with Crippen LogP contribution in [0, 0.1) is 0 Å². The first-order valence-electron chi connectivity index (χ1n) is 29.7. The maximum absolute atomic E-state index is 12.8. The molecule has 0 saturated carbocycles. The van der Waals surface area contributed by atoms with E-state index in [0.717, 1.165) is 122 Å². The molecule has 0 aliphatic rings. The van der Waals surface area contributed by atoms with Gasteiger partial charge >= 0.3 is 17.9 Å². The van der Waals surface area contributed by atoms with Crippen molar-refractivity contribution >= 4 is 17.9 Å². The summed E-state index contributed by atoms with van der Waals surface area (Å²) in [6.07, 6.45) is 78.5. The Morgan fingerprint density at radius 1 is 0.296 bits per heavy atom. The van der Waals surface area contributed by atoms with Gasteiger partial charge in [0.25, 0.3) is 0 Å². The van der Waals surface area contributed by atoms with Gasteiger partial charge in [0.15, 0.2) is 6.10 Å². The molecule has 0 aliphatic carbocycles. The van der Waals surface area contributed by atoms with E-state index < -0.39 is 6.10 Å². The van der Waals surface area contributed by atoms with E-state index in [4.69, 9.17) is 14.2 Å². The highest BCUT2D eigenvalue weighted by Crippen LogP contribution is 2.15. The predicted molar refractivity (Wildman–Crippen MR) is 307 cm³/mol. The van der Waals surface area contributed by atoms with Crippen molar-refractivity contribution in [2.45, 2.75) is 284 Å². The van der Waals surface area contributed by atoms with Crippen molar-refractivity contribution in [1.82, 2.24) is 0 Å². The van der Waals surface area contributed by atoms with Crippen LogP contribution in [0.1, 0.15) is 278 Å². The highest BCUT2D eigenvalue weighted by atomic mass is 16.6. The quantitative estimate of drug-likeness (QED) is 0.0261. The average Bonchev–Trinajstić information content (AvgIpc) is 3.37. The lowest BCUT2D eigenvalue weighted by molar-refractivity contribution is -0.167. The van der Waals surface area contributed by atoms with Crippen LogP contribution in [-0.4, -0.2) is 37.2 Å². The topological polar surface area (TPSA) is 78.9 Å². The molecule has 0 amide bonds. The fourth-order valence-electron chi connectivity index (χ4n) is 8.12.